The van der Waals surface area contributed by atoms with Gasteiger partial charge in [0.05, 0.1) is 25.8 Å². The second-order valence-electron chi connectivity index (χ2n) is 3.12. The molecule has 1 atom stereocenters. The average Bonchev–Trinajstić information content (AvgIpc) is 2.81. The van der Waals surface area contributed by atoms with Crippen molar-refractivity contribution in [2.24, 2.45) is 0 Å². The van der Waals surface area contributed by atoms with E-state index in [1.54, 1.807) is 31.6 Å². The van der Waals surface area contributed by atoms with Crippen LogP contribution >= 0.6 is 0 Å². The van der Waals surface area contributed by atoms with Gasteiger partial charge in [-0.05, 0) is 12.1 Å². The van der Waals surface area contributed by atoms with Gasteiger partial charge >= 0.3 is 0 Å². The van der Waals surface area contributed by atoms with Crippen molar-refractivity contribution in [1.29, 1.82) is 0 Å². The predicted molar refractivity (Wildman–Crippen MR) is 53.6 cm³/mol. The fraction of sp³-hybridized carbons (Fsp3) is 0.182. The third-order valence-corrected chi connectivity index (χ3v) is 2.14. The van der Waals surface area contributed by atoms with Crippen molar-refractivity contribution in [1.82, 2.24) is 4.98 Å². The van der Waals surface area contributed by atoms with Crippen LogP contribution in [-0.4, -0.2) is 17.2 Å². The highest BCUT2D eigenvalue weighted by Gasteiger charge is 2.12. The second-order valence-corrected chi connectivity index (χ2v) is 3.12. The normalized spacial score (nSPS) is 12.4. The van der Waals surface area contributed by atoms with Gasteiger partial charge in [-0.25, -0.2) is 0 Å². The Morgan fingerprint density at radius 3 is 2.93 bits per heavy atom. The molecule has 2 heterocycles. The summed E-state index contributed by atoms with van der Waals surface area (Å²) < 4.78 is 9.93. The van der Waals surface area contributed by atoms with Crippen LogP contribution in [0.4, 0.5) is 0 Å². The monoisotopic (exact) mass is 205 g/mol. The Balaban J connectivity index is 2.29. The van der Waals surface area contributed by atoms with E-state index in [2.05, 4.69) is 4.98 Å². The molecular weight excluding hydrogens is 194 g/mol. The molecule has 2 aromatic rings. The first kappa shape index (κ1) is 9.73. The lowest BCUT2D eigenvalue weighted by Crippen LogP contribution is -1.99. The number of methoxy groups -OCH3 is 1. The van der Waals surface area contributed by atoms with Gasteiger partial charge in [0.25, 0.3) is 0 Å². The van der Waals surface area contributed by atoms with Gasteiger partial charge in [0.1, 0.15) is 11.9 Å². The van der Waals surface area contributed by atoms with Crippen LogP contribution in [0, 0.1) is 0 Å². The minimum atomic E-state index is -0.730. The van der Waals surface area contributed by atoms with Gasteiger partial charge in [-0.15, -0.1) is 0 Å². The minimum absolute atomic E-state index is 0.620. The van der Waals surface area contributed by atoms with Crippen molar-refractivity contribution in [3.05, 3.63) is 48.2 Å². The first-order valence-corrected chi connectivity index (χ1v) is 4.50. The highest BCUT2D eigenvalue weighted by atomic mass is 16.5. The molecule has 0 saturated carbocycles. The molecule has 4 nitrogen and oxygen atoms in total. The lowest BCUT2D eigenvalue weighted by molar-refractivity contribution is 0.218. The van der Waals surface area contributed by atoms with E-state index in [1.807, 2.05) is 0 Å². The summed E-state index contributed by atoms with van der Waals surface area (Å²) in [6.45, 7) is 0. The molecule has 0 amide bonds. The summed E-state index contributed by atoms with van der Waals surface area (Å²) >= 11 is 0. The molecule has 0 aliphatic carbocycles. The fourth-order valence-corrected chi connectivity index (χ4v) is 1.32. The number of aliphatic hydroxyl groups is 1. The maximum absolute atomic E-state index is 9.95. The standard InChI is InChI=1S/C11H11NO3/c1-14-10-4-9(5-12-6-10)11(13)8-2-3-15-7-8/h2-7,11,13H,1H3. The van der Waals surface area contributed by atoms with Crippen molar-refractivity contribution >= 4 is 0 Å². The van der Waals surface area contributed by atoms with Crippen molar-refractivity contribution < 1.29 is 14.3 Å². The summed E-state index contributed by atoms with van der Waals surface area (Å²) in [4.78, 5) is 3.97. The van der Waals surface area contributed by atoms with E-state index in [-0.39, 0.29) is 0 Å². The number of pyridine rings is 1. The van der Waals surface area contributed by atoms with Crippen LogP contribution in [0.2, 0.25) is 0 Å². The first-order chi connectivity index (χ1) is 7.31. The van der Waals surface area contributed by atoms with Crippen LogP contribution in [0.5, 0.6) is 5.75 Å². The Morgan fingerprint density at radius 1 is 1.40 bits per heavy atom. The molecule has 1 N–H and O–H groups in total. The van der Waals surface area contributed by atoms with Crippen molar-refractivity contribution in [2.75, 3.05) is 7.11 Å². The van der Waals surface area contributed by atoms with Crippen molar-refractivity contribution in [3.63, 3.8) is 0 Å². The number of hydrogen-bond acceptors (Lipinski definition) is 4. The molecule has 0 spiro atoms. The molecule has 0 aliphatic rings. The SMILES string of the molecule is COc1cncc(C(O)c2ccoc2)c1. The number of nitrogens with zero attached hydrogens (tertiary/aromatic N) is 1. The number of aromatic nitrogens is 1. The van der Waals surface area contributed by atoms with E-state index >= 15 is 0 Å². The van der Waals surface area contributed by atoms with Crippen LogP contribution in [0.15, 0.2) is 41.5 Å². The van der Waals surface area contributed by atoms with Gasteiger partial charge in [0.2, 0.25) is 0 Å². The summed E-state index contributed by atoms with van der Waals surface area (Å²) in [5.74, 6) is 0.620. The number of furan rings is 1. The Bertz CT molecular complexity index is 425. The zero-order valence-corrected chi connectivity index (χ0v) is 8.25. The zero-order valence-electron chi connectivity index (χ0n) is 8.25. The number of ether oxygens (including phenoxy) is 1. The first-order valence-electron chi connectivity index (χ1n) is 4.50. The van der Waals surface area contributed by atoms with E-state index in [0.717, 1.165) is 0 Å². The zero-order chi connectivity index (χ0) is 10.7. The average molecular weight is 205 g/mol. The highest BCUT2D eigenvalue weighted by molar-refractivity contribution is 5.30. The van der Waals surface area contributed by atoms with E-state index in [9.17, 15) is 5.11 Å². The van der Waals surface area contributed by atoms with Crippen LogP contribution in [-0.2, 0) is 0 Å². The molecule has 0 aliphatic heterocycles. The minimum Gasteiger partial charge on any atom is -0.495 e. The van der Waals surface area contributed by atoms with E-state index in [0.29, 0.717) is 16.9 Å². The lowest BCUT2D eigenvalue weighted by atomic mass is 10.1. The number of aliphatic hydroxyl groups excluding tert-OH is 1. The molecule has 15 heavy (non-hydrogen) atoms. The second kappa shape index (κ2) is 4.14. The third-order valence-electron chi connectivity index (χ3n) is 2.14. The van der Waals surface area contributed by atoms with Crippen LogP contribution in [0.25, 0.3) is 0 Å². The Morgan fingerprint density at radius 2 is 2.27 bits per heavy atom. The molecule has 0 aromatic carbocycles. The molecule has 78 valence electrons. The fourth-order valence-electron chi connectivity index (χ4n) is 1.32. The summed E-state index contributed by atoms with van der Waals surface area (Å²) in [5, 5.41) is 9.95. The summed E-state index contributed by atoms with van der Waals surface area (Å²) in [7, 11) is 1.56. The Labute approximate surface area is 87.1 Å². The Kier molecular flexibility index (Phi) is 2.69. The predicted octanol–water partition coefficient (Wildman–Crippen LogP) is 1.76. The van der Waals surface area contributed by atoms with Gasteiger partial charge in [0.15, 0.2) is 0 Å². The van der Waals surface area contributed by atoms with Gasteiger partial charge in [-0.2, -0.15) is 0 Å². The molecule has 0 saturated heterocycles. The quantitative estimate of drug-likeness (QED) is 0.829. The van der Waals surface area contributed by atoms with Gasteiger partial charge < -0.3 is 14.3 Å². The van der Waals surface area contributed by atoms with E-state index in [1.165, 1.54) is 12.5 Å². The van der Waals surface area contributed by atoms with E-state index in [4.69, 9.17) is 9.15 Å². The summed E-state index contributed by atoms with van der Waals surface area (Å²) in [6, 6.07) is 3.45. The molecule has 1 unspecified atom stereocenters. The third kappa shape index (κ3) is 1.99. The smallest absolute Gasteiger partial charge is 0.137 e. The summed E-state index contributed by atoms with van der Waals surface area (Å²) in [6.07, 6.45) is 5.48. The molecule has 2 aromatic heterocycles. The van der Waals surface area contributed by atoms with Crippen LogP contribution in [0.3, 0.4) is 0 Å². The van der Waals surface area contributed by atoms with Crippen LogP contribution < -0.4 is 4.74 Å². The molecule has 0 fully saturated rings. The molecule has 2 rings (SSSR count). The Hall–Kier alpha value is -1.81. The molecule has 0 bridgehead atoms. The topological polar surface area (TPSA) is 55.5 Å². The number of rotatable bonds is 3. The maximum atomic E-state index is 9.95. The molecule has 4 heteroatoms. The van der Waals surface area contributed by atoms with Gasteiger partial charge in [0, 0.05) is 17.3 Å². The van der Waals surface area contributed by atoms with Gasteiger partial charge in [-0.1, -0.05) is 0 Å². The maximum Gasteiger partial charge on any atom is 0.137 e. The largest absolute Gasteiger partial charge is 0.495 e. The lowest BCUT2D eigenvalue weighted by Gasteiger charge is -2.09. The number of hydrogen-bond donors (Lipinski definition) is 1. The summed E-state index contributed by atoms with van der Waals surface area (Å²) in [5.41, 5.74) is 1.38. The molecule has 0 radical (unpaired) electrons. The van der Waals surface area contributed by atoms with Gasteiger partial charge in [-0.3, -0.25) is 4.98 Å². The van der Waals surface area contributed by atoms with Crippen LogP contribution in [0.1, 0.15) is 17.2 Å². The van der Waals surface area contributed by atoms with E-state index < -0.39 is 6.10 Å². The van der Waals surface area contributed by atoms with Crippen molar-refractivity contribution in [2.45, 2.75) is 6.10 Å². The molecular formula is C11H11NO3. The van der Waals surface area contributed by atoms with Crippen molar-refractivity contribution in [3.8, 4) is 5.75 Å². The highest BCUT2D eigenvalue weighted by Crippen LogP contribution is 2.23.